The molecule has 0 atom stereocenters. The van der Waals surface area contributed by atoms with E-state index in [1.165, 1.54) is 0 Å². The maximum Gasteiger partial charge on any atom is 0.314 e. The third kappa shape index (κ3) is 3.07. The molecule has 2 heterocycles. The number of ketones is 1. The Morgan fingerprint density at radius 2 is 1.38 bits per heavy atom. The van der Waals surface area contributed by atoms with Gasteiger partial charge in [0.1, 0.15) is 0 Å². The van der Waals surface area contributed by atoms with Crippen LogP contribution in [0.15, 0.2) is 78.9 Å². The van der Waals surface area contributed by atoms with Crippen LogP contribution in [0.1, 0.15) is 44.7 Å². The number of fused-ring (bicyclic) bond motifs is 2. The summed E-state index contributed by atoms with van der Waals surface area (Å²) in [7, 11) is 0. The molecule has 0 unspecified atom stereocenters. The fourth-order valence-electron chi connectivity index (χ4n) is 4.98. The van der Waals surface area contributed by atoms with Crippen molar-refractivity contribution in [3.8, 4) is 0 Å². The summed E-state index contributed by atoms with van der Waals surface area (Å²) in [6, 6.07) is 23.6. The highest BCUT2D eigenvalue weighted by atomic mass is 16.2. The first-order chi connectivity index (χ1) is 15.5. The second-order valence-corrected chi connectivity index (χ2v) is 8.29. The number of carbonyl (C=O) groups is 3. The molecule has 160 valence electrons. The van der Waals surface area contributed by atoms with E-state index in [0.29, 0.717) is 42.6 Å². The van der Waals surface area contributed by atoms with Crippen molar-refractivity contribution in [3.05, 3.63) is 101 Å². The highest BCUT2D eigenvalue weighted by Gasteiger charge is 2.51. The number of benzene rings is 3. The van der Waals surface area contributed by atoms with E-state index >= 15 is 0 Å². The molecule has 3 aromatic carbocycles. The summed E-state index contributed by atoms with van der Waals surface area (Å²) in [4.78, 5) is 41.4. The number of nitrogens with two attached hydrogens (primary N) is 1. The van der Waals surface area contributed by atoms with Gasteiger partial charge in [0.05, 0.1) is 5.54 Å². The van der Waals surface area contributed by atoms with Crippen molar-refractivity contribution in [1.29, 1.82) is 0 Å². The molecular formula is C26H23N3O3. The summed E-state index contributed by atoms with van der Waals surface area (Å²) in [6.07, 6.45) is 1.20. The van der Waals surface area contributed by atoms with Crippen LogP contribution in [0.25, 0.3) is 0 Å². The van der Waals surface area contributed by atoms with Crippen LogP contribution in [0.2, 0.25) is 0 Å². The third-order valence-corrected chi connectivity index (χ3v) is 6.62. The molecule has 3 aromatic rings. The van der Waals surface area contributed by atoms with E-state index in [1.807, 2.05) is 59.5 Å². The Bertz CT molecular complexity index is 1200. The molecule has 1 fully saturated rings. The molecule has 3 amide bonds. The number of rotatable bonds is 3. The van der Waals surface area contributed by atoms with Gasteiger partial charge in [-0.05, 0) is 48.7 Å². The zero-order valence-electron chi connectivity index (χ0n) is 17.5. The molecule has 0 radical (unpaired) electrons. The van der Waals surface area contributed by atoms with E-state index in [0.717, 1.165) is 11.3 Å². The molecule has 1 saturated heterocycles. The minimum absolute atomic E-state index is 0.0577. The van der Waals surface area contributed by atoms with Gasteiger partial charge in [-0.3, -0.25) is 14.5 Å². The Labute approximate surface area is 186 Å². The molecule has 1 spiro atoms. The number of primary amides is 1. The Morgan fingerprint density at radius 3 is 2.03 bits per heavy atom. The van der Waals surface area contributed by atoms with Crippen LogP contribution in [-0.4, -0.2) is 35.7 Å². The second kappa shape index (κ2) is 7.64. The smallest absolute Gasteiger partial charge is 0.314 e. The molecule has 6 nitrogen and oxygen atoms in total. The summed E-state index contributed by atoms with van der Waals surface area (Å²) in [5.74, 6) is -0.118. The molecule has 0 saturated carbocycles. The lowest BCUT2D eigenvalue weighted by molar-refractivity contribution is 0.0952. The molecule has 0 aromatic heterocycles. The summed E-state index contributed by atoms with van der Waals surface area (Å²) < 4.78 is 0. The molecule has 5 rings (SSSR count). The highest BCUT2D eigenvalue weighted by molar-refractivity contribution is 6.13. The maximum absolute atomic E-state index is 13.5. The molecule has 2 aliphatic heterocycles. The van der Waals surface area contributed by atoms with E-state index in [2.05, 4.69) is 0 Å². The fourth-order valence-corrected chi connectivity index (χ4v) is 4.98. The van der Waals surface area contributed by atoms with Crippen molar-refractivity contribution in [2.75, 3.05) is 18.0 Å². The average molecular weight is 425 g/mol. The van der Waals surface area contributed by atoms with E-state index in [-0.39, 0.29) is 11.7 Å². The minimum Gasteiger partial charge on any atom is -0.351 e. The van der Waals surface area contributed by atoms with Crippen LogP contribution in [0.4, 0.5) is 10.5 Å². The monoisotopic (exact) mass is 425 g/mol. The van der Waals surface area contributed by atoms with Gasteiger partial charge in [-0.1, -0.05) is 48.5 Å². The van der Waals surface area contributed by atoms with Gasteiger partial charge in [0.15, 0.2) is 5.78 Å². The lowest BCUT2D eigenvalue weighted by Gasteiger charge is -2.45. The molecule has 32 heavy (non-hydrogen) atoms. The van der Waals surface area contributed by atoms with Crippen LogP contribution in [0.3, 0.4) is 0 Å². The number of nitrogens with zero attached hydrogens (tertiary/aromatic N) is 2. The highest BCUT2D eigenvalue weighted by Crippen LogP contribution is 2.48. The van der Waals surface area contributed by atoms with Gasteiger partial charge in [0.25, 0.3) is 5.91 Å². The molecule has 2 N–H and O–H groups in total. The first kappa shape index (κ1) is 20.0. The van der Waals surface area contributed by atoms with Crippen molar-refractivity contribution in [2.45, 2.75) is 18.4 Å². The standard InChI is InChI=1S/C26H23N3O3/c27-25(32)28-16-14-26(15-17-28)22-9-5-4-8-21(22)24(31)29(26)20-12-10-19(11-13-20)23(30)18-6-2-1-3-7-18/h1-13H,14-17H2,(H2,27,32). The van der Waals surface area contributed by atoms with Crippen LogP contribution >= 0.6 is 0 Å². The molecular weight excluding hydrogens is 402 g/mol. The Hall–Kier alpha value is -3.93. The van der Waals surface area contributed by atoms with Crippen molar-refractivity contribution < 1.29 is 14.4 Å². The van der Waals surface area contributed by atoms with Crippen LogP contribution in [-0.2, 0) is 5.54 Å². The number of urea groups is 1. The normalized spacial score (nSPS) is 16.8. The van der Waals surface area contributed by atoms with Crippen molar-refractivity contribution >= 4 is 23.4 Å². The van der Waals surface area contributed by atoms with E-state index in [4.69, 9.17) is 5.73 Å². The zero-order valence-corrected chi connectivity index (χ0v) is 17.5. The number of anilines is 1. The van der Waals surface area contributed by atoms with Crippen LogP contribution < -0.4 is 10.6 Å². The largest absolute Gasteiger partial charge is 0.351 e. The predicted molar refractivity (Wildman–Crippen MR) is 122 cm³/mol. The van der Waals surface area contributed by atoms with Gasteiger partial charge >= 0.3 is 6.03 Å². The van der Waals surface area contributed by atoms with Crippen LogP contribution in [0.5, 0.6) is 0 Å². The lowest BCUT2D eigenvalue weighted by Crippen LogP contribution is -2.53. The summed E-state index contributed by atoms with van der Waals surface area (Å²) >= 11 is 0. The molecule has 0 bridgehead atoms. The lowest BCUT2D eigenvalue weighted by atomic mass is 9.80. The third-order valence-electron chi connectivity index (χ3n) is 6.62. The maximum atomic E-state index is 13.5. The zero-order chi connectivity index (χ0) is 22.3. The van der Waals surface area contributed by atoms with Gasteiger partial charge in [0, 0.05) is 35.5 Å². The van der Waals surface area contributed by atoms with Crippen molar-refractivity contribution in [1.82, 2.24) is 4.90 Å². The van der Waals surface area contributed by atoms with Crippen molar-refractivity contribution in [2.24, 2.45) is 5.73 Å². The first-order valence-electron chi connectivity index (χ1n) is 10.7. The van der Waals surface area contributed by atoms with E-state index in [1.54, 1.807) is 29.2 Å². The molecule has 6 heteroatoms. The van der Waals surface area contributed by atoms with Crippen molar-refractivity contribution in [3.63, 3.8) is 0 Å². The van der Waals surface area contributed by atoms with Gasteiger partial charge < -0.3 is 10.6 Å². The summed E-state index contributed by atoms with van der Waals surface area (Å²) in [5.41, 5.74) is 8.56. The average Bonchev–Trinajstić information content (AvgIpc) is 3.07. The van der Waals surface area contributed by atoms with E-state index in [9.17, 15) is 14.4 Å². The topological polar surface area (TPSA) is 83.7 Å². The van der Waals surface area contributed by atoms with Gasteiger partial charge in [-0.15, -0.1) is 0 Å². The number of carbonyl (C=O) groups excluding carboxylic acids is 3. The summed E-state index contributed by atoms with van der Waals surface area (Å²) in [5, 5.41) is 0. The summed E-state index contributed by atoms with van der Waals surface area (Å²) in [6.45, 7) is 0.968. The minimum atomic E-state index is -0.537. The van der Waals surface area contributed by atoms with E-state index < -0.39 is 11.6 Å². The first-order valence-corrected chi connectivity index (χ1v) is 10.7. The second-order valence-electron chi connectivity index (χ2n) is 8.29. The van der Waals surface area contributed by atoms with Gasteiger partial charge in [-0.2, -0.15) is 0 Å². The Kier molecular flexibility index (Phi) is 4.78. The van der Waals surface area contributed by atoms with Gasteiger partial charge in [-0.25, -0.2) is 4.79 Å². The quantitative estimate of drug-likeness (QED) is 0.645. The SMILES string of the molecule is NC(=O)N1CCC2(CC1)c1ccccc1C(=O)N2c1ccc(C(=O)c2ccccc2)cc1. The van der Waals surface area contributed by atoms with Gasteiger partial charge in [0.2, 0.25) is 0 Å². The van der Waals surface area contributed by atoms with Crippen LogP contribution in [0, 0.1) is 0 Å². The molecule has 2 aliphatic rings. The fraction of sp³-hybridized carbons (Fsp3) is 0.192. The Morgan fingerprint density at radius 1 is 0.781 bits per heavy atom. The number of hydrogen-bond donors (Lipinski definition) is 1. The number of amides is 3. The number of likely N-dealkylation sites (tertiary alicyclic amines) is 1. The number of piperidine rings is 1. The predicted octanol–water partition coefficient (Wildman–Crippen LogP) is 3.95. The number of hydrogen-bond acceptors (Lipinski definition) is 3. The molecule has 0 aliphatic carbocycles. The Balaban J connectivity index is 1.51.